The summed E-state index contributed by atoms with van der Waals surface area (Å²) in [5.41, 5.74) is 0.383. The van der Waals surface area contributed by atoms with Crippen molar-refractivity contribution in [2.75, 3.05) is 0 Å². The second-order valence-electron chi connectivity index (χ2n) is 7.43. The Morgan fingerprint density at radius 2 is 1.85 bits per heavy atom. The molecule has 2 aliphatic carbocycles. The molecule has 1 heterocycles. The maximum absolute atomic E-state index is 12.9. The average molecular weight is 405 g/mol. The van der Waals surface area contributed by atoms with Crippen LogP contribution in [0.5, 0.6) is 0 Å². The standard InChI is InChI=1S/C20H24N2O3S2/c23-20(21-19(14-5-1-2-6-14)18-9-4-12-26-18)15-7-3-8-17(13-15)27(24,25)22-16-10-11-16/h3-4,7-9,12-14,16,19,22H,1-2,5-6,10-11H2,(H,21,23). The van der Waals surface area contributed by atoms with Crippen LogP contribution in [0, 0.1) is 5.92 Å². The van der Waals surface area contributed by atoms with Crippen molar-refractivity contribution in [2.45, 2.75) is 55.5 Å². The lowest BCUT2D eigenvalue weighted by atomic mass is 9.96. The number of carbonyl (C=O) groups is 1. The maximum atomic E-state index is 12.9. The van der Waals surface area contributed by atoms with Gasteiger partial charge in [-0.15, -0.1) is 11.3 Å². The molecule has 0 aliphatic heterocycles. The van der Waals surface area contributed by atoms with E-state index in [1.165, 1.54) is 25.0 Å². The van der Waals surface area contributed by atoms with Gasteiger partial charge in [0.2, 0.25) is 10.0 Å². The molecule has 1 unspecified atom stereocenters. The minimum Gasteiger partial charge on any atom is -0.344 e. The summed E-state index contributed by atoms with van der Waals surface area (Å²) in [6.07, 6.45) is 6.38. The lowest BCUT2D eigenvalue weighted by Crippen LogP contribution is -2.32. The van der Waals surface area contributed by atoms with Crippen molar-refractivity contribution >= 4 is 27.3 Å². The lowest BCUT2D eigenvalue weighted by molar-refractivity contribution is 0.0922. The van der Waals surface area contributed by atoms with E-state index in [2.05, 4.69) is 16.1 Å². The van der Waals surface area contributed by atoms with Crippen LogP contribution in [-0.4, -0.2) is 20.4 Å². The molecule has 7 heteroatoms. The van der Waals surface area contributed by atoms with Gasteiger partial charge in [-0.05, 0) is 61.2 Å². The Labute approximate surface area is 164 Å². The molecule has 2 aliphatic rings. The number of nitrogens with one attached hydrogen (secondary N) is 2. The molecule has 1 aromatic carbocycles. The van der Waals surface area contributed by atoms with Gasteiger partial charge in [0, 0.05) is 16.5 Å². The molecule has 0 spiro atoms. The fraction of sp³-hybridized carbons (Fsp3) is 0.450. The van der Waals surface area contributed by atoms with Crippen LogP contribution in [-0.2, 0) is 10.0 Å². The van der Waals surface area contributed by atoms with Gasteiger partial charge in [-0.2, -0.15) is 0 Å². The third kappa shape index (κ3) is 4.42. The van der Waals surface area contributed by atoms with E-state index >= 15 is 0 Å². The van der Waals surface area contributed by atoms with Crippen molar-refractivity contribution in [1.82, 2.24) is 10.0 Å². The van der Waals surface area contributed by atoms with Crippen molar-refractivity contribution in [1.29, 1.82) is 0 Å². The summed E-state index contributed by atoms with van der Waals surface area (Å²) in [6, 6.07) is 10.4. The molecule has 144 valence electrons. The molecule has 1 amide bonds. The number of amides is 1. The predicted octanol–water partition coefficient (Wildman–Crippen LogP) is 3.85. The summed E-state index contributed by atoms with van der Waals surface area (Å²) in [5, 5.41) is 5.19. The van der Waals surface area contributed by atoms with Crippen LogP contribution in [0.2, 0.25) is 0 Å². The van der Waals surface area contributed by atoms with Gasteiger partial charge in [-0.3, -0.25) is 4.79 Å². The van der Waals surface area contributed by atoms with E-state index in [-0.39, 0.29) is 22.9 Å². The second-order valence-corrected chi connectivity index (χ2v) is 10.1. The first-order chi connectivity index (χ1) is 13.0. The van der Waals surface area contributed by atoms with Crippen LogP contribution in [0.3, 0.4) is 0 Å². The monoisotopic (exact) mass is 404 g/mol. The average Bonchev–Trinajstić information content (AvgIpc) is 3.13. The van der Waals surface area contributed by atoms with Gasteiger partial charge in [0.15, 0.2) is 0 Å². The van der Waals surface area contributed by atoms with Gasteiger partial charge in [0.25, 0.3) is 5.91 Å². The zero-order chi connectivity index (χ0) is 18.9. The first kappa shape index (κ1) is 18.7. The first-order valence-electron chi connectivity index (χ1n) is 9.49. The number of carbonyl (C=O) groups excluding carboxylic acids is 1. The number of hydrogen-bond acceptors (Lipinski definition) is 4. The molecule has 2 fully saturated rings. The smallest absolute Gasteiger partial charge is 0.251 e. The van der Waals surface area contributed by atoms with E-state index in [4.69, 9.17) is 0 Å². The highest BCUT2D eigenvalue weighted by molar-refractivity contribution is 7.89. The third-order valence-electron chi connectivity index (χ3n) is 5.31. The number of benzene rings is 1. The van der Waals surface area contributed by atoms with Crippen molar-refractivity contribution in [3.05, 3.63) is 52.2 Å². The van der Waals surface area contributed by atoms with Crippen molar-refractivity contribution in [3.8, 4) is 0 Å². The second kappa shape index (κ2) is 7.73. The molecule has 27 heavy (non-hydrogen) atoms. The first-order valence-corrected chi connectivity index (χ1v) is 11.9. The van der Waals surface area contributed by atoms with Gasteiger partial charge in [0.05, 0.1) is 10.9 Å². The zero-order valence-electron chi connectivity index (χ0n) is 15.1. The molecule has 2 N–H and O–H groups in total. The summed E-state index contributed by atoms with van der Waals surface area (Å²) in [5.74, 6) is 0.222. The predicted molar refractivity (Wildman–Crippen MR) is 106 cm³/mol. The number of hydrogen-bond donors (Lipinski definition) is 2. The Bertz CT molecular complexity index is 899. The van der Waals surface area contributed by atoms with E-state index in [1.807, 2.05) is 11.4 Å². The van der Waals surface area contributed by atoms with Gasteiger partial charge in [-0.25, -0.2) is 13.1 Å². The molecule has 1 aromatic heterocycles. The molecule has 4 rings (SSSR count). The van der Waals surface area contributed by atoms with Crippen molar-refractivity contribution < 1.29 is 13.2 Å². The minimum absolute atomic E-state index is 0.00940. The zero-order valence-corrected chi connectivity index (χ0v) is 16.7. The van der Waals surface area contributed by atoms with E-state index < -0.39 is 10.0 Å². The van der Waals surface area contributed by atoms with E-state index in [9.17, 15) is 13.2 Å². The molecule has 0 bridgehead atoms. The molecular weight excluding hydrogens is 380 g/mol. The normalized spacial score (nSPS) is 19.1. The molecule has 2 saturated carbocycles. The third-order valence-corrected chi connectivity index (χ3v) is 7.79. The highest BCUT2D eigenvalue weighted by atomic mass is 32.2. The number of rotatable bonds is 7. The van der Waals surface area contributed by atoms with E-state index in [0.717, 1.165) is 30.6 Å². The molecule has 0 radical (unpaired) electrons. The van der Waals surface area contributed by atoms with Crippen molar-refractivity contribution in [3.63, 3.8) is 0 Å². The Morgan fingerprint density at radius 3 is 2.52 bits per heavy atom. The van der Waals surface area contributed by atoms with Crippen molar-refractivity contribution in [2.24, 2.45) is 5.92 Å². The Morgan fingerprint density at radius 1 is 1.07 bits per heavy atom. The highest BCUT2D eigenvalue weighted by Crippen LogP contribution is 2.37. The lowest BCUT2D eigenvalue weighted by Gasteiger charge is -2.24. The van der Waals surface area contributed by atoms with Crippen LogP contribution in [0.4, 0.5) is 0 Å². The fourth-order valence-corrected chi connectivity index (χ4v) is 5.92. The summed E-state index contributed by atoms with van der Waals surface area (Å²) < 4.78 is 27.5. The van der Waals surface area contributed by atoms with Gasteiger partial charge in [0.1, 0.15) is 0 Å². The number of sulfonamides is 1. The van der Waals surface area contributed by atoms with Crippen LogP contribution < -0.4 is 10.0 Å². The Hall–Kier alpha value is -1.70. The topological polar surface area (TPSA) is 75.3 Å². The Balaban J connectivity index is 1.54. The van der Waals surface area contributed by atoms with E-state index in [1.54, 1.807) is 23.5 Å². The SMILES string of the molecule is O=C(NC(c1cccs1)C1CCCC1)c1cccc(S(=O)(=O)NC2CC2)c1. The van der Waals surface area contributed by atoms with E-state index in [0.29, 0.717) is 11.5 Å². The summed E-state index contributed by atoms with van der Waals surface area (Å²) in [7, 11) is -3.57. The van der Waals surface area contributed by atoms with Gasteiger partial charge in [-0.1, -0.05) is 25.0 Å². The fourth-order valence-electron chi connectivity index (χ4n) is 3.70. The molecule has 5 nitrogen and oxygen atoms in total. The minimum atomic E-state index is -3.57. The summed E-state index contributed by atoms with van der Waals surface area (Å²) >= 11 is 1.66. The van der Waals surface area contributed by atoms with Gasteiger partial charge >= 0.3 is 0 Å². The van der Waals surface area contributed by atoms with Crippen LogP contribution in [0.25, 0.3) is 0 Å². The van der Waals surface area contributed by atoms with Gasteiger partial charge < -0.3 is 5.32 Å². The van der Waals surface area contributed by atoms with Crippen LogP contribution in [0.15, 0.2) is 46.7 Å². The largest absolute Gasteiger partial charge is 0.344 e. The highest BCUT2D eigenvalue weighted by Gasteiger charge is 2.30. The van der Waals surface area contributed by atoms with Crippen LogP contribution >= 0.6 is 11.3 Å². The summed E-state index contributed by atoms with van der Waals surface area (Å²) in [4.78, 5) is 14.2. The molecule has 2 aromatic rings. The molecule has 0 saturated heterocycles. The molecular formula is C20H24N2O3S2. The Kier molecular flexibility index (Phi) is 5.34. The summed E-state index contributed by atoms with van der Waals surface area (Å²) in [6.45, 7) is 0. The number of thiophene rings is 1. The quantitative estimate of drug-likeness (QED) is 0.736. The van der Waals surface area contributed by atoms with Crippen LogP contribution in [0.1, 0.15) is 59.8 Å². The molecule has 1 atom stereocenters. The maximum Gasteiger partial charge on any atom is 0.251 e.